The first-order valence-electron chi connectivity index (χ1n) is 13.6. The Hall–Kier alpha value is -4.21. The minimum absolute atomic E-state index is 0.290. The second kappa shape index (κ2) is 11.5. The van der Waals surface area contributed by atoms with Crippen molar-refractivity contribution in [2.75, 3.05) is 23.7 Å². The van der Waals surface area contributed by atoms with Gasteiger partial charge in [-0.1, -0.05) is 53.8 Å². The molecule has 2 N–H and O–H groups in total. The summed E-state index contributed by atoms with van der Waals surface area (Å²) in [6.45, 7) is 6.55. The minimum atomic E-state index is -0.302. The third-order valence-corrected chi connectivity index (χ3v) is 8.19. The molecule has 202 valence electrons. The first kappa shape index (κ1) is 26.0. The summed E-state index contributed by atoms with van der Waals surface area (Å²) >= 11 is 1.50. The average Bonchev–Trinajstić information content (AvgIpc) is 3.42. The Morgan fingerprint density at radius 1 is 0.950 bits per heavy atom. The molecule has 0 radical (unpaired) electrons. The first-order chi connectivity index (χ1) is 19.5. The number of amides is 1. The molecule has 6 rings (SSSR count). The fraction of sp³-hybridized carbons (Fsp3) is 0.258. The van der Waals surface area contributed by atoms with Gasteiger partial charge in [0, 0.05) is 48.6 Å². The van der Waals surface area contributed by atoms with Crippen LogP contribution in [-0.2, 0) is 0 Å². The van der Waals surface area contributed by atoms with E-state index in [4.69, 9.17) is 9.97 Å². The van der Waals surface area contributed by atoms with E-state index >= 15 is 0 Å². The molecule has 1 fully saturated rings. The van der Waals surface area contributed by atoms with Gasteiger partial charge in [-0.15, -0.1) is 0 Å². The lowest BCUT2D eigenvalue weighted by molar-refractivity contribution is 0.102. The van der Waals surface area contributed by atoms with Gasteiger partial charge in [0.1, 0.15) is 26.9 Å². The van der Waals surface area contributed by atoms with E-state index in [0.717, 1.165) is 52.4 Å². The highest BCUT2D eigenvalue weighted by atomic mass is 32.1. The lowest BCUT2D eigenvalue weighted by Crippen LogP contribution is -2.42. The van der Waals surface area contributed by atoms with Crippen molar-refractivity contribution in [1.29, 1.82) is 0 Å². The summed E-state index contributed by atoms with van der Waals surface area (Å²) in [4.78, 5) is 35.6. The third-order valence-electron chi connectivity index (χ3n) is 7.17. The van der Waals surface area contributed by atoms with E-state index in [1.807, 2.05) is 66.7 Å². The molecule has 40 heavy (non-hydrogen) atoms. The van der Waals surface area contributed by atoms with Gasteiger partial charge in [0.25, 0.3) is 5.91 Å². The van der Waals surface area contributed by atoms with Crippen LogP contribution in [0.1, 0.15) is 37.2 Å². The molecule has 5 aromatic rings. The van der Waals surface area contributed by atoms with E-state index in [9.17, 15) is 4.79 Å². The number of likely N-dealkylation sites (tertiary alicyclic amines) is 1. The number of piperidine rings is 1. The van der Waals surface area contributed by atoms with E-state index in [1.165, 1.54) is 11.3 Å². The molecule has 0 aliphatic carbocycles. The van der Waals surface area contributed by atoms with Crippen molar-refractivity contribution < 1.29 is 4.79 Å². The van der Waals surface area contributed by atoms with E-state index < -0.39 is 0 Å². The number of para-hydroxylation sites is 1. The second-order valence-electron chi connectivity index (χ2n) is 10.2. The van der Waals surface area contributed by atoms with Gasteiger partial charge in [-0.25, -0.2) is 19.9 Å². The SMILES string of the molecule is CC(C)N1CCC(Nc2cc(C(=O)Nc3ccccc3-c3nc4cccnc4s3)nc(-c3ccccc3)n2)CC1. The molecule has 2 aromatic carbocycles. The van der Waals surface area contributed by atoms with Gasteiger partial charge in [0.05, 0.1) is 5.69 Å². The van der Waals surface area contributed by atoms with E-state index in [1.54, 1.807) is 12.3 Å². The Balaban J connectivity index is 1.29. The molecular formula is C31H31N7OS. The molecule has 0 spiro atoms. The van der Waals surface area contributed by atoms with Crippen LogP contribution < -0.4 is 10.6 Å². The zero-order valence-electron chi connectivity index (χ0n) is 22.5. The molecule has 1 amide bonds. The highest BCUT2D eigenvalue weighted by Crippen LogP contribution is 2.34. The molecule has 3 aromatic heterocycles. The van der Waals surface area contributed by atoms with Crippen LogP contribution in [0.5, 0.6) is 0 Å². The number of nitrogens with zero attached hydrogens (tertiary/aromatic N) is 5. The van der Waals surface area contributed by atoms with Crippen molar-refractivity contribution in [2.24, 2.45) is 0 Å². The van der Waals surface area contributed by atoms with Gasteiger partial charge in [0.15, 0.2) is 5.82 Å². The summed E-state index contributed by atoms with van der Waals surface area (Å²) < 4.78 is 0. The van der Waals surface area contributed by atoms with Crippen LogP contribution in [0.4, 0.5) is 11.5 Å². The van der Waals surface area contributed by atoms with Crippen molar-refractivity contribution in [2.45, 2.75) is 38.8 Å². The van der Waals surface area contributed by atoms with Crippen LogP contribution in [0, 0.1) is 0 Å². The van der Waals surface area contributed by atoms with Gasteiger partial charge in [0.2, 0.25) is 0 Å². The number of pyridine rings is 1. The van der Waals surface area contributed by atoms with Crippen LogP contribution in [0.15, 0.2) is 79.0 Å². The van der Waals surface area contributed by atoms with E-state index in [0.29, 0.717) is 29.1 Å². The summed E-state index contributed by atoms with van der Waals surface area (Å²) in [5.41, 5.74) is 3.50. The Kier molecular flexibility index (Phi) is 7.48. The number of benzene rings is 2. The van der Waals surface area contributed by atoms with Crippen molar-refractivity contribution in [1.82, 2.24) is 24.8 Å². The normalized spacial score (nSPS) is 14.5. The number of aromatic nitrogens is 4. The summed E-state index contributed by atoms with van der Waals surface area (Å²) in [5.74, 6) is 0.873. The lowest BCUT2D eigenvalue weighted by Gasteiger charge is -2.35. The van der Waals surface area contributed by atoms with Gasteiger partial charge in [-0.3, -0.25) is 4.79 Å². The highest BCUT2D eigenvalue weighted by molar-refractivity contribution is 7.21. The number of hydrogen-bond donors (Lipinski definition) is 2. The largest absolute Gasteiger partial charge is 0.367 e. The highest BCUT2D eigenvalue weighted by Gasteiger charge is 2.22. The fourth-order valence-electron chi connectivity index (χ4n) is 4.97. The molecule has 0 saturated carbocycles. The quantitative estimate of drug-likeness (QED) is 0.244. The summed E-state index contributed by atoms with van der Waals surface area (Å²) in [6, 6.07) is 23.8. The van der Waals surface area contributed by atoms with Crippen molar-refractivity contribution in [3.8, 4) is 22.0 Å². The van der Waals surface area contributed by atoms with Gasteiger partial charge >= 0.3 is 0 Å². The molecule has 1 saturated heterocycles. The van der Waals surface area contributed by atoms with E-state index in [2.05, 4.69) is 39.3 Å². The summed E-state index contributed by atoms with van der Waals surface area (Å²) in [5, 5.41) is 7.47. The molecule has 8 nitrogen and oxygen atoms in total. The van der Waals surface area contributed by atoms with Gasteiger partial charge in [-0.05, 0) is 51.0 Å². The second-order valence-corrected chi connectivity index (χ2v) is 11.2. The van der Waals surface area contributed by atoms with Crippen molar-refractivity contribution in [3.63, 3.8) is 0 Å². The Morgan fingerprint density at radius 3 is 2.50 bits per heavy atom. The molecule has 0 bridgehead atoms. The molecule has 0 unspecified atom stereocenters. The van der Waals surface area contributed by atoms with Crippen molar-refractivity contribution in [3.05, 3.63) is 84.7 Å². The standard InChI is InChI=1S/C31H31N7OS/c1-20(2)38-17-14-22(15-18-38)33-27-19-26(34-28(37-27)21-9-4-3-5-10-21)29(39)35-24-12-7-6-11-23(24)30-36-25-13-8-16-32-31(25)40-30/h3-13,16,19-20,22H,14-15,17-18H2,1-2H3,(H,35,39)(H,33,34,37). The molecule has 1 aliphatic rings. The number of rotatable bonds is 7. The summed E-state index contributed by atoms with van der Waals surface area (Å²) in [7, 11) is 0. The van der Waals surface area contributed by atoms with Crippen LogP contribution in [0.2, 0.25) is 0 Å². The zero-order chi connectivity index (χ0) is 27.5. The first-order valence-corrected chi connectivity index (χ1v) is 14.4. The molecule has 1 aliphatic heterocycles. The monoisotopic (exact) mass is 549 g/mol. The average molecular weight is 550 g/mol. The third kappa shape index (κ3) is 5.71. The predicted octanol–water partition coefficient (Wildman–Crippen LogP) is 6.35. The predicted molar refractivity (Wildman–Crippen MR) is 162 cm³/mol. The molecular weight excluding hydrogens is 518 g/mol. The maximum Gasteiger partial charge on any atom is 0.274 e. The maximum absolute atomic E-state index is 13.7. The van der Waals surface area contributed by atoms with E-state index in [-0.39, 0.29) is 11.9 Å². The Bertz CT molecular complexity index is 1590. The fourth-order valence-corrected chi connectivity index (χ4v) is 5.92. The van der Waals surface area contributed by atoms with Crippen LogP contribution >= 0.6 is 11.3 Å². The van der Waals surface area contributed by atoms with Gasteiger partial charge in [-0.2, -0.15) is 0 Å². The smallest absolute Gasteiger partial charge is 0.274 e. The van der Waals surface area contributed by atoms with Crippen molar-refractivity contribution >= 4 is 39.1 Å². The molecule has 0 atom stereocenters. The number of carbonyl (C=O) groups is 1. The number of nitrogens with one attached hydrogen (secondary N) is 2. The molecule has 4 heterocycles. The Labute approximate surface area is 237 Å². The number of anilines is 2. The number of thiazole rings is 1. The maximum atomic E-state index is 13.7. The number of fused-ring (bicyclic) bond motifs is 1. The number of hydrogen-bond acceptors (Lipinski definition) is 8. The molecule has 9 heteroatoms. The number of carbonyl (C=O) groups excluding carboxylic acids is 1. The lowest BCUT2D eigenvalue weighted by atomic mass is 10.0. The zero-order valence-corrected chi connectivity index (χ0v) is 23.4. The van der Waals surface area contributed by atoms with Crippen LogP contribution in [0.25, 0.3) is 32.3 Å². The summed E-state index contributed by atoms with van der Waals surface area (Å²) in [6.07, 6.45) is 3.81. The Morgan fingerprint density at radius 2 is 1.73 bits per heavy atom. The van der Waals surface area contributed by atoms with Crippen LogP contribution in [-0.4, -0.2) is 55.9 Å². The topological polar surface area (TPSA) is 95.9 Å². The minimum Gasteiger partial charge on any atom is -0.367 e. The van der Waals surface area contributed by atoms with Crippen LogP contribution in [0.3, 0.4) is 0 Å². The van der Waals surface area contributed by atoms with Gasteiger partial charge < -0.3 is 15.5 Å².